The number of H-pyrrole nitrogens is 1. The van der Waals surface area contributed by atoms with Crippen molar-refractivity contribution < 1.29 is 4.79 Å². The molecule has 0 aliphatic heterocycles. The Morgan fingerprint density at radius 3 is 2.86 bits per heavy atom. The lowest BCUT2D eigenvalue weighted by Gasteiger charge is -2.20. The van der Waals surface area contributed by atoms with Gasteiger partial charge >= 0.3 is 5.69 Å². The molecule has 0 unspecified atom stereocenters. The zero-order valence-corrected chi connectivity index (χ0v) is 16.8. The molecule has 3 rings (SSSR count). The molecule has 1 N–H and O–H groups in total. The van der Waals surface area contributed by atoms with E-state index >= 15 is 0 Å². The monoisotopic (exact) mass is 418 g/mol. The first-order valence-electron chi connectivity index (χ1n) is 8.71. The second kappa shape index (κ2) is 8.53. The van der Waals surface area contributed by atoms with E-state index in [1.54, 1.807) is 17.0 Å². The molecule has 0 aliphatic rings. The third kappa shape index (κ3) is 4.07. The zero-order valence-electron chi connectivity index (χ0n) is 15.3. The van der Waals surface area contributed by atoms with Crippen LogP contribution in [0, 0.1) is 0 Å². The maximum atomic E-state index is 13.0. The van der Waals surface area contributed by atoms with Crippen LogP contribution in [0.5, 0.6) is 0 Å². The van der Waals surface area contributed by atoms with Crippen LogP contribution in [0.1, 0.15) is 28.6 Å². The molecule has 3 heterocycles. The van der Waals surface area contributed by atoms with Crippen LogP contribution >= 0.6 is 22.9 Å². The average Bonchev–Trinajstić information content (AvgIpc) is 3.08. The van der Waals surface area contributed by atoms with Crippen molar-refractivity contribution in [3.8, 4) is 0 Å². The highest BCUT2D eigenvalue weighted by Crippen LogP contribution is 2.23. The molecule has 0 saturated carbocycles. The Morgan fingerprint density at radius 2 is 2.21 bits per heavy atom. The van der Waals surface area contributed by atoms with Crippen molar-refractivity contribution in [2.45, 2.75) is 26.4 Å². The van der Waals surface area contributed by atoms with Gasteiger partial charge in [0.05, 0.1) is 21.8 Å². The van der Waals surface area contributed by atoms with E-state index in [0.717, 1.165) is 4.88 Å². The van der Waals surface area contributed by atoms with Gasteiger partial charge in [0, 0.05) is 24.2 Å². The molecule has 0 bridgehead atoms. The Morgan fingerprint density at radius 1 is 1.43 bits per heavy atom. The number of pyridine rings is 1. The molecular formula is C19H19ClN4O3S. The lowest BCUT2D eigenvalue weighted by Crippen LogP contribution is -2.32. The molecule has 0 radical (unpaired) electrons. The average molecular weight is 419 g/mol. The fourth-order valence-electron chi connectivity index (χ4n) is 2.90. The predicted molar refractivity (Wildman–Crippen MR) is 111 cm³/mol. The summed E-state index contributed by atoms with van der Waals surface area (Å²) in [6.45, 7) is 6.75. The van der Waals surface area contributed by atoms with Crippen LogP contribution in [0.4, 0.5) is 0 Å². The maximum absolute atomic E-state index is 13.0. The minimum absolute atomic E-state index is 0.205. The van der Waals surface area contributed by atoms with Crippen LogP contribution in [0.2, 0.25) is 4.34 Å². The number of aromatic nitrogens is 3. The first-order valence-corrected chi connectivity index (χ1v) is 9.91. The Kier molecular flexibility index (Phi) is 6.11. The van der Waals surface area contributed by atoms with Gasteiger partial charge in [-0.05, 0) is 24.6 Å². The highest BCUT2D eigenvalue weighted by atomic mass is 35.5. The number of nitrogens with one attached hydrogen (secondary N) is 1. The summed E-state index contributed by atoms with van der Waals surface area (Å²) in [6.07, 6.45) is 3.74. The largest absolute Gasteiger partial charge is 0.330 e. The Bertz CT molecular complexity index is 1150. The number of nitrogens with zero attached hydrogens (tertiary/aromatic N) is 3. The summed E-state index contributed by atoms with van der Waals surface area (Å²) in [7, 11) is 0. The molecule has 0 atom stereocenters. The molecule has 0 fully saturated rings. The SMILES string of the molecule is C=CCN(Cc1ccc(Cl)s1)C(=O)c1cnc2c(c1)c(=O)[nH]c(=O)n2CCC. The fraction of sp³-hybridized carbons (Fsp3) is 0.263. The van der Waals surface area contributed by atoms with Gasteiger partial charge in [-0.3, -0.25) is 19.1 Å². The number of aryl methyl sites for hydroxylation is 1. The fourth-order valence-corrected chi connectivity index (χ4v) is 4.00. The van der Waals surface area contributed by atoms with Gasteiger partial charge in [-0.25, -0.2) is 9.78 Å². The summed E-state index contributed by atoms with van der Waals surface area (Å²) in [4.78, 5) is 46.4. The molecule has 7 nitrogen and oxygen atoms in total. The zero-order chi connectivity index (χ0) is 20.3. The van der Waals surface area contributed by atoms with Crippen molar-refractivity contribution in [2.75, 3.05) is 6.54 Å². The van der Waals surface area contributed by atoms with Gasteiger partial charge in [0.2, 0.25) is 0 Å². The topological polar surface area (TPSA) is 88.1 Å². The number of amides is 1. The molecule has 3 aromatic rings. The van der Waals surface area contributed by atoms with E-state index in [1.165, 1.54) is 28.2 Å². The van der Waals surface area contributed by atoms with Crippen LogP contribution in [0.15, 0.2) is 46.6 Å². The maximum Gasteiger partial charge on any atom is 0.329 e. The molecule has 3 aromatic heterocycles. The van der Waals surface area contributed by atoms with Crippen molar-refractivity contribution in [1.82, 2.24) is 19.4 Å². The van der Waals surface area contributed by atoms with Gasteiger partial charge in [0.15, 0.2) is 0 Å². The molecule has 0 saturated heterocycles. The van der Waals surface area contributed by atoms with Gasteiger partial charge < -0.3 is 4.90 Å². The molecule has 0 spiro atoms. The third-order valence-electron chi connectivity index (χ3n) is 4.14. The minimum atomic E-state index is -0.560. The van der Waals surface area contributed by atoms with Crippen LogP contribution in [-0.4, -0.2) is 31.9 Å². The van der Waals surface area contributed by atoms with Crippen LogP contribution in [-0.2, 0) is 13.1 Å². The number of hydrogen-bond donors (Lipinski definition) is 1. The van der Waals surface area contributed by atoms with E-state index in [1.807, 2.05) is 13.0 Å². The molecule has 0 aromatic carbocycles. The third-order valence-corrected chi connectivity index (χ3v) is 5.35. The summed E-state index contributed by atoms with van der Waals surface area (Å²) in [5, 5.41) is 0.205. The molecule has 28 heavy (non-hydrogen) atoms. The molecule has 146 valence electrons. The normalized spacial score (nSPS) is 10.9. The van der Waals surface area contributed by atoms with Gasteiger partial charge in [-0.1, -0.05) is 24.6 Å². The van der Waals surface area contributed by atoms with Crippen molar-refractivity contribution in [1.29, 1.82) is 0 Å². The van der Waals surface area contributed by atoms with Crippen LogP contribution in [0.25, 0.3) is 11.0 Å². The van der Waals surface area contributed by atoms with E-state index in [2.05, 4.69) is 16.5 Å². The number of thiophene rings is 1. The summed E-state index contributed by atoms with van der Waals surface area (Å²) in [6, 6.07) is 5.12. The first kappa shape index (κ1) is 20.0. The van der Waals surface area contributed by atoms with E-state index < -0.39 is 11.2 Å². The number of carbonyl (C=O) groups excluding carboxylic acids is 1. The lowest BCUT2D eigenvalue weighted by molar-refractivity contribution is 0.0764. The quantitative estimate of drug-likeness (QED) is 0.597. The van der Waals surface area contributed by atoms with E-state index in [9.17, 15) is 14.4 Å². The van der Waals surface area contributed by atoms with Crippen LogP contribution in [0.3, 0.4) is 0 Å². The van der Waals surface area contributed by atoms with Crippen molar-refractivity contribution >= 4 is 39.9 Å². The van der Waals surface area contributed by atoms with E-state index in [4.69, 9.17) is 11.6 Å². The highest BCUT2D eigenvalue weighted by Gasteiger charge is 2.18. The van der Waals surface area contributed by atoms with E-state index in [-0.39, 0.29) is 22.5 Å². The molecule has 9 heteroatoms. The van der Waals surface area contributed by atoms with Gasteiger partial charge in [0.1, 0.15) is 5.65 Å². The standard InChI is InChI=1S/C19H19ClN4O3S/c1-3-7-23(11-13-5-6-15(20)28-13)18(26)12-9-14-16(21-10-12)24(8-4-2)19(27)22-17(14)25/h3,5-6,9-10H,1,4,7-8,11H2,2H3,(H,22,25,27). The summed E-state index contributed by atoms with van der Waals surface area (Å²) >= 11 is 7.37. The smallest absolute Gasteiger partial charge is 0.329 e. The Hall–Kier alpha value is -2.71. The second-order valence-corrected chi connectivity index (χ2v) is 7.99. The summed E-state index contributed by atoms with van der Waals surface area (Å²) in [5.74, 6) is -0.286. The van der Waals surface area contributed by atoms with Crippen molar-refractivity contribution in [3.63, 3.8) is 0 Å². The second-order valence-electron chi connectivity index (χ2n) is 6.19. The Labute approximate surface area is 169 Å². The predicted octanol–water partition coefficient (Wildman–Crippen LogP) is 3.04. The van der Waals surface area contributed by atoms with Gasteiger partial charge in [-0.2, -0.15) is 0 Å². The summed E-state index contributed by atoms with van der Waals surface area (Å²) < 4.78 is 2.05. The molecule has 1 amide bonds. The van der Waals surface area contributed by atoms with E-state index in [0.29, 0.717) is 30.4 Å². The van der Waals surface area contributed by atoms with Crippen molar-refractivity contribution in [2.24, 2.45) is 0 Å². The lowest BCUT2D eigenvalue weighted by atomic mass is 10.2. The van der Waals surface area contributed by atoms with Gasteiger partial charge in [-0.15, -0.1) is 17.9 Å². The molecule has 0 aliphatic carbocycles. The van der Waals surface area contributed by atoms with Crippen LogP contribution < -0.4 is 11.2 Å². The Balaban J connectivity index is 2.01. The number of rotatable bonds is 7. The number of carbonyl (C=O) groups is 1. The number of hydrogen-bond acceptors (Lipinski definition) is 5. The summed E-state index contributed by atoms with van der Waals surface area (Å²) in [5.41, 5.74) is -0.528. The number of aromatic amines is 1. The minimum Gasteiger partial charge on any atom is -0.330 e. The number of fused-ring (bicyclic) bond motifs is 1. The van der Waals surface area contributed by atoms with Crippen molar-refractivity contribution in [3.05, 3.63) is 72.7 Å². The van der Waals surface area contributed by atoms with Gasteiger partial charge in [0.25, 0.3) is 11.5 Å². The molecular weight excluding hydrogens is 400 g/mol. The highest BCUT2D eigenvalue weighted by molar-refractivity contribution is 7.16. The number of halogens is 1. The first-order chi connectivity index (χ1) is 13.4.